The van der Waals surface area contributed by atoms with E-state index in [-0.39, 0.29) is 23.9 Å². The maximum Gasteiger partial charge on any atom is 0.275 e. The lowest BCUT2D eigenvalue weighted by Gasteiger charge is -2.32. The number of aryl methyl sites for hydroxylation is 1. The van der Waals surface area contributed by atoms with Gasteiger partial charge < -0.3 is 14.4 Å². The van der Waals surface area contributed by atoms with E-state index in [1.807, 2.05) is 42.2 Å². The van der Waals surface area contributed by atoms with Crippen LogP contribution in [0.2, 0.25) is 0 Å². The quantitative estimate of drug-likeness (QED) is 0.612. The number of para-hydroxylation sites is 1. The first-order valence-electron chi connectivity index (χ1n) is 10.6. The van der Waals surface area contributed by atoms with Crippen LogP contribution in [-0.2, 0) is 11.3 Å². The predicted octanol–water partition coefficient (Wildman–Crippen LogP) is 3.03. The summed E-state index contributed by atoms with van der Waals surface area (Å²) in [4.78, 5) is 27.6. The number of amides is 1. The SMILES string of the molecule is COc1nn(CC(=O)N2CCCC(COc3ccccc3C)C2)c(=O)c2ccccc12. The monoisotopic (exact) mass is 421 g/mol. The molecule has 2 aromatic carbocycles. The molecular weight excluding hydrogens is 394 g/mol. The smallest absolute Gasteiger partial charge is 0.275 e. The summed E-state index contributed by atoms with van der Waals surface area (Å²) in [6, 6.07) is 15.1. The van der Waals surface area contributed by atoms with E-state index in [1.54, 1.807) is 18.2 Å². The second-order valence-electron chi connectivity index (χ2n) is 7.94. The van der Waals surface area contributed by atoms with Gasteiger partial charge in [0.15, 0.2) is 0 Å². The van der Waals surface area contributed by atoms with Gasteiger partial charge in [-0.3, -0.25) is 9.59 Å². The molecule has 1 aliphatic heterocycles. The first-order valence-corrected chi connectivity index (χ1v) is 10.6. The zero-order valence-corrected chi connectivity index (χ0v) is 17.9. The number of aromatic nitrogens is 2. The van der Waals surface area contributed by atoms with Crippen LogP contribution in [-0.4, -0.2) is 47.4 Å². The third kappa shape index (κ3) is 4.55. The topological polar surface area (TPSA) is 73.7 Å². The Morgan fingerprint density at radius 3 is 2.65 bits per heavy atom. The summed E-state index contributed by atoms with van der Waals surface area (Å²) >= 11 is 0. The van der Waals surface area contributed by atoms with Crippen LogP contribution in [0.5, 0.6) is 11.6 Å². The molecule has 7 nitrogen and oxygen atoms in total. The molecule has 1 atom stereocenters. The van der Waals surface area contributed by atoms with E-state index >= 15 is 0 Å². The molecule has 0 spiro atoms. The third-order valence-corrected chi connectivity index (χ3v) is 5.75. The Morgan fingerprint density at radius 1 is 1.13 bits per heavy atom. The lowest BCUT2D eigenvalue weighted by Crippen LogP contribution is -2.44. The number of carbonyl (C=O) groups excluding carboxylic acids is 1. The minimum absolute atomic E-state index is 0.106. The van der Waals surface area contributed by atoms with Crippen molar-refractivity contribution < 1.29 is 14.3 Å². The number of rotatable bonds is 6. The number of likely N-dealkylation sites (tertiary alicyclic amines) is 1. The summed E-state index contributed by atoms with van der Waals surface area (Å²) in [6.45, 7) is 3.78. The van der Waals surface area contributed by atoms with E-state index in [0.29, 0.717) is 36.3 Å². The zero-order valence-electron chi connectivity index (χ0n) is 17.9. The van der Waals surface area contributed by atoms with Gasteiger partial charge in [0.2, 0.25) is 11.8 Å². The maximum absolute atomic E-state index is 13.0. The van der Waals surface area contributed by atoms with E-state index in [1.165, 1.54) is 11.8 Å². The van der Waals surface area contributed by atoms with Crippen LogP contribution in [0, 0.1) is 12.8 Å². The normalized spacial score (nSPS) is 16.3. The fraction of sp³-hybridized carbons (Fsp3) is 0.375. The molecule has 162 valence electrons. The molecule has 1 aromatic heterocycles. The minimum atomic E-state index is -0.291. The van der Waals surface area contributed by atoms with Gasteiger partial charge in [0.1, 0.15) is 12.3 Å². The Labute approximate surface area is 181 Å². The number of nitrogens with zero attached hydrogens (tertiary/aromatic N) is 3. The van der Waals surface area contributed by atoms with Crippen molar-refractivity contribution in [2.24, 2.45) is 5.92 Å². The average Bonchev–Trinajstić information content (AvgIpc) is 2.80. The van der Waals surface area contributed by atoms with Gasteiger partial charge in [0.05, 0.1) is 24.5 Å². The summed E-state index contributed by atoms with van der Waals surface area (Å²) < 4.78 is 12.5. The lowest BCUT2D eigenvalue weighted by molar-refractivity contribution is -0.134. The molecule has 0 saturated carbocycles. The van der Waals surface area contributed by atoms with Crippen LogP contribution >= 0.6 is 0 Å². The van der Waals surface area contributed by atoms with Gasteiger partial charge in [0, 0.05) is 19.0 Å². The summed E-state index contributed by atoms with van der Waals surface area (Å²) in [5.74, 6) is 1.36. The highest BCUT2D eigenvalue weighted by Crippen LogP contribution is 2.22. The molecule has 1 amide bonds. The second kappa shape index (κ2) is 9.20. The van der Waals surface area contributed by atoms with Crippen molar-refractivity contribution in [1.82, 2.24) is 14.7 Å². The molecule has 0 bridgehead atoms. The van der Waals surface area contributed by atoms with Crippen molar-refractivity contribution in [2.75, 3.05) is 26.8 Å². The summed E-state index contributed by atoms with van der Waals surface area (Å²) in [5.41, 5.74) is 0.808. The number of benzene rings is 2. The highest BCUT2D eigenvalue weighted by molar-refractivity contribution is 5.86. The van der Waals surface area contributed by atoms with Crippen molar-refractivity contribution in [3.63, 3.8) is 0 Å². The van der Waals surface area contributed by atoms with Gasteiger partial charge in [-0.1, -0.05) is 30.3 Å². The predicted molar refractivity (Wildman–Crippen MR) is 119 cm³/mol. The van der Waals surface area contributed by atoms with E-state index in [0.717, 1.165) is 24.2 Å². The minimum Gasteiger partial charge on any atom is -0.493 e. The Bertz CT molecular complexity index is 1140. The Hall–Kier alpha value is -3.35. The summed E-state index contributed by atoms with van der Waals surface area (Å²) in [5, 5.41) is 5.40. The number of hydrogen-bond acceptors (Lipinski definition) is 5. The Kier molecular flexibility index (Phi) is 6.21. The van der Waals surface area contributed by atoms with E-state index in [2.05, 4.69) is 5.10 Å². The van der Waals surface area contributed by atoms with Crippen molar-refractivity contribution >= 4 is 16.7 Å². The molecule has 31 heavy (non-hydrogen) atoms. The van der Waals surface area contributed by atoms with Crippen LogP contribution in [0.3, 0.4) is 0 Å². The molecule has 0 radical (unpaired) electrons. The largest absolute Gasteiger partial charge is 0.493 e. The second-order valence-corrected chi connectivity index (χ2v) is 7.94. The van der Waals surface area contributed by atoms with Gasteiger partial charge in [-0.05, 0) is 43.5 Å². The van der Waals surface area contributed by atoms with Crippen molar-refractivity contribution in [1.29, 1.82) is 0 Å². The molecule has 0 aliphatic carbocycles. The van der Waals surface area contributed by atoms with Crippen LogP contribution in [0.1, 0.15) is 18.4 Å². The van der Waals surface area contributed by atoms with Crippen molar-refractivity contribution in [3.05, 3.63) is 64.4 Å². The van der Waals surface area contributed by atoms with Crippen molar-refractivity contribution in [2.45, 2.75) is 26.3 Å². The van der Waals surface area contributed by atoms with Crippen LogP contribution < -0.4 is 15.0 Å². The Balaban J connectivity index is 1.44. The number of fused-ring (bicyclic) bond motifs is 1. The van der Waals surface area contributed by atoms with Crippen LogP contribution in [0.4, 0.5) is 0 Å². The fourth-order valence-corrected chi connectivity index (χ4v) is 4.04. The molecule has 7 heteroatoms. The van der Waals surface area contributed by atoms with Crippen LogP contribution in [0.25, 0.3) is 10.8 Å². The van der Waals surface area contributed by atoms with Crippen molar-refractivity contribution in [3.8, 4) is 11.6 Å². The first kappa shape index (κ1) is 20.9. The Morgan fingerprint density at radius 2 is 1.87 bits per heavy atom. The number of ether oxygens (including phenoxy) is 2. The van der Waals surface area contributed by atoms with Gasteiger partial charge in [0.25, 0.3) is 5.56 Å². The number of carbonyl (C=O) groups is 1. The number of methoxy groups -OCH3 is 1. The standard InChI is InChI=1S/C24H27N3O4/c1-17-8-3-6-12-21(17)31-16-18-9-7-13-26(14-18)22(28)15-27-24(29)20-11-5-4-10-19(20)23(25-27)30-2/h3-6,8,10-12,18H,7,9,13-16H2,1-2H3. The van der Waals surface area contributed by atoms with E-state index in [9.17, 15) is 9.59 Å². The molecule has 2 heterocycles. The van der Waals surface area contributed by atoms with Gasteiger partial charge in [-0.2, -0.15) is 0 Å². The summed E-state index contributed by atoms with van der Waals surface area (Å²) in [7, 11) is 1.51. The maximum atomic E-state index is 13.0. The van der Waals surface area contributed by atoms with Gasteiger partial charge >= 0.3 is 0 Å². The molecule has 1 saturated heterocycles. The van der Waals surface area contributed by atoms with Gasteiger partial charge in [-0.25, -0.2) is 4.68 Å². The fourth-order valence-electron chi connectivity index (χ4n) is 4.04. The van der Waals surface area contributed by atoms with E-state index < -0.39 is 0 Å². The molecule has 4 rings (SSSR count). The molecule has 1 aliphatic rings. The highest BCUT2D eigenvalue weighted by atomic mass is 16.5. The molecular formula is C24H27N3O4. The van der Waals surface area contributed by atoms with E-state index in [4.69, 9.17) is 9.47 Å². The van der Waals surface area contributed by atoms with Crippen LogP contribution in [0.15, 0.2) is 53.3 Å². The lowest BCUT2D eigenvalue weighted by atomic mass is 9.99. The highest BCUT2D eigenvalue weighted by Gasteiger charge is 2.25. The summed E-state index contributed by atoms with van der Waals surface area (Å²) in [6.07, 6.45) is 1.93. The first-order chi connectivity index (χ1) is 15.1. The molecule has 1 unspecified atom stereocenters. The third-order valence-electron chi connectivity index (χ3n) is 5.75. The zero-order chi connectivity index (χ0) is 21.8. The molecule has 3 aromatic rings. The number of hydrogen-bond donors (Lipinski definition) is 0. The number of piperidine rings is 1. The molecule has 0 N–H and O–H groups in total. The van der Waals surface area contributed by atoms with Gasteiger partial charge in [-0.15, -0.1) is 5.10 Å². The molecule has 1 fully saturated rings. The average molecular weight is 421 g/mol.